The molecule has 0 aliphatic heterocycles. The number of hydrogen-bond donors (Lipinski definition) is 0. The molecule has 4 rings (SSSR count). The van der Waals surface area contributed by atoms with Crippen molar-refractivity contribution in [3.05, 3.63) is 74.7 Å². The molecular formula is C19H12Br2N2S2. The third kappa shape index (κ3) is 3.82. The molecule has 0 saturated heterocycles. The minimum Gasteiger partial charge on any atom is -0.229 e. The van der Waals surface area contributed by atoms with E-state index in [9.17, 15) is 0 Å². The van der Waals surface area contributed by atoms with Gasteiger partial charge in [-0.05, 0) is 35.4 Å². The molecule has 0 atom stereocenters. The molecule has 0 fully saturated rings. The van der Waals surface area contributed by atoms with Gasteiger partial charge < -0.3 is 0 Å². The molecular weight excluding hydrogens is 480 g/mol. The predicted octanol–water partition coefficient (Wildman–Crippen LogP) is 7.18. The van der Waals surface area contributed by atoms with E-state index < -0.39 is 0 Å². The number of aromatic nitrogens is 2. The topological polar surface area (TPSA) is 25.8 Å². The van der Waals surface area contributed by atoms with Crippen molar-refractivity contribution in [3.8, 4) is 11.1 Å². The SMILES string of the molecule is Brc1ccc(-c2csc3ncnc(SCc4cccc(Br)c4)c23)cc1. The first kappa shape index (κ1) is 17.2. The average Bonchev–Trinajstić information content (AvgIpc) is 3.05. The van der Waals surface area contributed by atoms with Crippen molar-refractivity contribution in [2.45, 2.75) is 10.8 Å². The smallest absolute Gasteiger partial charge is 0.128 e. The van der Waals surface area contributed by atoms with Gasteiger partial charge in [0.2, 0.25) is 0 Å². The highest BCUT2D eigenvalue weighted by atomic mass is 79.9. The van der Waals surface area contributed by atoms with Crippen LogP contribution in [0.4, 0.5) is 0 Å². The van der Waals surface area contributed by atoms with E-state index in [2.05, 4.69) is 89.7 Å². The van der Waals surface area contributed by atoms with Gasteiger partial charge in [-0.25, -0.2) is 9.97 Å². The van der Waals surface area contributed by atoms with Gasteiger partial charge in [-0.3, -0.25) is 0 Å². The highest BCUT2D eigenvalue weighted by Crippen LogP contribution is 2.39. The third-order valence-electron chi connectivity index (χ3n) is 3.76. The van der Waals surface area contributed by atoms with E-state index in [0.29, 0.717) is 0 Å². The molecule has 0 unspecified atom stereocenters. The number of benzene rings is 2. The maximum Gasteiger partial charge on any atom is 0.128 e. The molecule has 2 aromatic carbocycles. The number of nitrogens with zero attached hydrogens (tertiary/aromatic N) is 2. The zero-order valence-corrected chi connectivity index (χ0v) is 17.8. The van der Waals surface area contributed by atoms with Gasteiger partial charge in [-0.15, -0.1) is 23.1 Å². The fourth-order valence-corrected chi connectivity index (χ4v) is 5.22. The van der Waals surface area contributed by atoms with Crippen LogP contribution >= 0.6 is 55.0 Å². The van der Waals surface area contributed by atoms with Gasteiger partial charge in [-0.2, -0.15) is 0 Å². The summed E-state index contributed by atoms with van der Waals surface area (Å²) in [5.41, 5.74) is 3.66. The summed E-state index contributed by atoms with van der Waals surface area (Å²) in [7, 11) is 0. The largest absolute Gasteiger partial charge is 0.229 e. The maximum absolute atomic E-state index is 4.56. The van der Waals surface area contributed by atoms with Crippen LogP contribution in [0.5, 0.6) is 0 Å². The van der Waals surface area contributed by atoms with Gasteiger partial charge in [0, 0.05) is 25.6 Å². The molecule has 2 heterocycles. The van der Waals surface area contributed by atoms with Crippen molar-refractivity contribution >= 4 is 65.2 Å². The van der Waals surface area contributed by atoms with Crippen LogP contribution in [0.1, 0.15) is 5.56 Å². The second-order valence-corrected chi connectivity index (χ2v) is 9.09. The van der Waals surface area contributed by atoms with Gasteiger partial charge in [0.05, 0.1) is 5.39 Å². The summed E-state index contributed by atoms with van der Waals surface area (Å²) < 4.78 is 2.18. The normalized spacial score (nSPS) is 11.1. The van der Waals surface area contributed by atoms with Gasteiger partial charge in [-0.1, -0.05) is 56.1 Å². The van der Waals surface area contributed by atoms with Crippen molar-refractivity contribution in [3.63, 3.8) is 0 Å². The van der Waals surface area contributed by atoms with Gasteiger partial charge in [0.25, 0.3) is 0 Å². The van der Waals surface area contributed by atoms with Gasteiger partial charge in [0.15, 0.2) is 0 Å². The van der Waals surface area contributed by atoms with Crippen LogP contribution in [0.2, 0.25) is 0 Å². The minimum absolute atomic E-state index is 0.876. The average molecular weight is 492 g/mol. The Kier molecular flexibility index (Phi) is 5.22. The molecule has 4 aromatic rings. The Morgan fingerprint density at radius 1 is 0.960 bits per heavy atom. The molecule has 0 aliphatic rings. The Bertz CT molecular complexity index is 1030. The lowest BCUT2D eigenvalue weighted by Gasteiger charge is -2.06. The van der Waals surface area contributed by atoms with E-state index in [4.69, 9.17) is 0 Å². The number of halogens is 2. The van der Waals surface area contributed by atoms with E-state index >= 15 is 0 Å². The van der Waals surface area contributed by atoms with Crippen molar-refractivity contribution in [1.29, 1.82) is 0 Å². The summed E-state index contributed by atoms with van der Waals surface area (Å²) in [5.74, 6) is 0.876. The minimum atomic E-state index is 0.876. The number of rotatable bonds is 4. The number of thioether (sulfide) groups is 1. The van der Waals surface area contributed by atoms with Gasteiger partial charge in [0.1, 0.15) is 16.2 Å². The second-order valence-electron chi connectivity index (χ2n) is 5.43. The summed E-state index contributed by atoms with van der Waals surface area (Å²) in [6.07, 6.45) is 1.66. The predicted molar refractivity (Wildman–Crippen MR) is 114 cm³/mol. The summed E-state index contributed by atoms with van der Waals surface area (Å²) in [4.78, 5) is 10.0. The quantitative estimate of drug-likeness (QED) is 0.223. The molecule has 0 amide bonds. The number of fused-ring (bicyclic) bond motifs is 1. The molecule has 2 aromatic heterocycles. The lowest BCUT2D eigenvalue weighted by Crippen LogP contribution is -1.87. The molecule has 6 heteroatoms. The Hall–Kier alpha value is -1.21. The summed E-state index contributed by atoms with van der Waals surface area (Å²) >= 11 is 10.5. The van der Waals surface area contributed by atoms with Crippen LogP contribution in [0.3, 0.4) is 0 Å². The molecule has 0 aliphatic carbocycles. The standard InChI is InChI=1S/C19H12Br2N2S2/c20-14-6-4-13(5-7-14)16-10-25-19-17(16)18(22-11-23-19)24-9-12-2-1-3-15(21)8-12/h1-8,10-11H,9H2. The molecule has 0 saturated carbocycles. The molecule has 0 spiro atoms. The van der Waals surface area contributed by atoms with Crippen molar-refractivity contribution in [1.82, 2.24) is 9.97 Å². The van der Waals surface area contributed by atoms with Crippen LogP contribution in [-0.2, 0) is 5.75 Å². The lowest BCUT2D eigenvalue weighted by atomic mass is 10.1. The lowest BCUT2D eigenvalue weighted by molar-refractivity contribution is 1.11. The van der Waals surface area contributed by atoms with Crippen molar-refractivity contribution in [2.75, 3.05) is 0 Å². The van der Waals surface area contributed by atoms with Crippen LogP contribution in [0, 0.1) is 0 Å². The monoisotopic (exact) mass is 490 g/mol. The Labute approximate surface area is 171 Å². The van der Waals surface area contributed by atoms with Crippen molar-refractivity contribution < 1.29 is 0 Å². The van der Waals surface area contributed by atoms with E-state index in [1.165, 1.54) is 16.7 Å². The zero-order valence-electron chi connectivity index (χ0n) is 12.9. The molecule has 25 heavy (non-hydrogen) atoms. The third-order valence-corrected chi connectivity index (χ3v) is 6.72. The fourth-order valence-electron chi connectivity index (χ4n) is 2.58. The molecule has 2 nitrogen and oxygen atoms in total. The summed E-state index contributed by atoms with van der Waals surface area (Å²) in [5, 5.41) is 4.35. The summed E-state index contributed by atoms with van der Waals surface area (Å²) in [6, 6.07) is 16.8. The van der Waals surface area contributed by atoms with Crippen molar-refractivity contribution in [2.24, 2.45) is 0 Å². The maximum atomic E-state index is 4.56. The molecule has 0 radical (unpaired) electrons. The van der Waals surface area contributed by atoms with E-state index in [-0.39, 0.29) is 0 Å². The van der Waals surface area contributed by atoms with E-state index in [1.807, 2.05) is 6.07 Å². The first-order valence-electron chi connectivity index (χ1n) is 7.56. The molecule has 0 N–H and O–H groups in total. The Morgan fingerprint density at radius 3 is 2.60 bits per heavy atom. The van der Waals surface area contributed by atoms with Gasteiger partial charge >= 0.3 is 0 Å². The number of thiophene rings is 1. The highest BCUT2D eigenvalue weighted by Gasteiger charge is 2.13. The Morgan fingerprint density at radius 2 is 1.80 bits per heavy atom. The summed E-state index contributed by atoms with van der Waals surface area (Å²) in [6.45, 7) is 0. The van der Waals surface area contributed by atoms with Crippen LogP contribution in [0.25, 0.3) is 21.3 Å². The second kappa shape index (κ2) is 7.58. The number of hydrogen-bond acceptors (Lipinski definition) is 4. The van der Waals surface area contributed by atoms with E-state index in [0.717, 1.165) is 29.9 Å². The first-order valence-corrected chi connectivity index (χ1v) is 11.0. The van der Waals surface area contributed by atoms with E-state index in [1.54, 1.807) is 29.4 Å². The fraction of sp³-hybridized carbons (Fsp3) is 0.0526. The van der Waals surface area contributed by atoms with Crippen LogP contribution in [0.15, 0.2) is 74.2 Å². The van der Waals surface area contributed by atoms with Crippen LogP contribution < -0.4 is 0 Å². The zero-order chi connectivity index (χ0) is 17.2. The molecule has 124 valence electrons. The highest BCUT2D eigenvalue weighted by molar-refractivity contribution is 9.10. The van der Waals surface area contributed by atoms with Crippen LogP contribution in [-0.4, -0.2) is 9.97 Å². The Balaban J connectivity index is 1.71. The molecule has 0 bridgehead atoms. The first-order chi connectivity index (χ1) is 12.2.